The summed E-state index contributed by atoms with van der Waals surface area (Å²) in [5.74, 6) is -0.591. The van der Waals surface area contributed by atoms with E-state index in [4.69, 9.17) is 0 Å². The van der Waals surface area contributed by atoms with E-state index in [1.807, 2.05) is 13.0 Å². The van der Waals surface area contributed by atoms with Gasteiger partial charge >= 0.3 is 12.4 Å². The molecule has 0 aliphatic carbocycles. The molecule has 0 heterocycles. The minimum absolute atomic E-state index is 0.0951. The Morgan fingerprint density at radius 2 is 1.33 bits per heavy atom. The van der Waals surface area contributed by atoms with Gasteiger partial charge in [-0.25, -0.2) is 0 Å². The molecule has 0 spiro atoms. The third-order valence-corrected chi connectivity index (χ3v) is 4.92. The fourth-order valence-corrected chi connectivity index (χ4v) is 3.09. The number of halogens is 6. The number of rotatable bonds is 15. The van der Waals surface area contributed by atoms with E-state index >= 15 is 0 Å². The van der Waals surface area contributed by atoms with Crippen LogP contribution in [-0.2, 0) is 9.47 Å². The summed E-state index contributed by atoms with van der Waals surface area (Å²) < 4.78 is 83.8. The first-order valence-electron chi connectivity index (χ1n) is 10.7. The maximum absolute atomic E-state index is 12.4. The van der Waals surface area contributed by atoms with E-state index in [-0.39, 0.29) is 12.8 Å². The molecule has 0 aromatic carbocycles. The monoisotopic (exact) mass is 448 g/mol. The molecule has 30 heavy (non-hydrogen) atoms. The summed E-state index contributed by atoms with van der Waals surface area (Å²) in [5, 5.41) is 0. The molecular formula is C22H38F6O2. The Balaban J connectivity index is 4.44. The molecule has 1 unspecified atom stereocenters. The lowest BCUT2D eigenvalue weighted by molar-refractivity contribution is -0.305. The number of ether oxygens (including phenoxy) is 2. The number of alkyl halides is 6. The Morgan fingerprint density at radius 1 is 0.833 bits per heavy atom. The first-order chi connectivity index (χ1) is 13.6. The van der Waals surface area contributed by atoms with Crippen molar-refractivity contribution in [3.8, 4) is 0 Å². The van der Waals surface area contributed by atoms with Gasteiger partial charge in [0.1, 0.15) is 13.2 Å². The lowest BCUT2D eigenvalue weighted by Crippen LogP contribution is -2.39. The summed E-state index contributed by atoms with van der Waals surface area (Å²) >= 11 is 0. The van der Waals surface area contributed by atoms with Crippen molar-refractivity contribution >= 4 is 0 Å². The average molecular weight is 449 g/mol. The number of hydrogen-bond acceptors (Lipinski definition) is 2. The maximum Gasteiger partial charge on any atom is 0.411 e. The molecule has 1 atom stereocenters. The zero-order valence-corrected chi connectivity index (χ0v) is 18.9. The fourth-order valence-electron chi connectivity index (χ4n) is 3.09. The van der Waals surface area contributed by atoms with Crippen molar-refractivity contribution in [1.82, 2.24) is 0 Å². The molecule has 0 fully saturated rings. The van der Waals surface area contributed by atoms with E-state index in [2.05, 4.69) is 30.2 Å². The largest absolute Gasteiger partial charge is 0.411 e. The van der Waals surface area contributed by atoms with Crippen molar-refractivity contribution in [2.24, 2.45) is 11.8 Å². The van der Waals surface area contributed by atoms with E-state index < -0.39 is 31.4 Å². The highest BCUT2D eigenvalue weighted by Gasteiger charge is 2.38. The standard InChI is InChI=1S/C22H38F6O2/c1-17(2)9-6-10-18(3)11-7-12-19(4)13-8-14-20(5,29-15-21(23,24)25)30-16-22(26,27)28/h13,17-18H,6-12,14-16H2,1-5H3/b19-13+. The summed E-state index contributed by atoms with van der Waals surface area (Å²) in [7, 11) is 0. The molecule has 0 N–H and O–H groups in total. The summed E-state index contributed by atoms with van der Waals surface area (Å²) in [6.07, 6.45) is -0.621. The van der Waals surface area contributed by atoms with Crippen LogP contribution in [0.2, 0.25) is 0 Å². The van der Waals surface area contributed by atoms with Crippen molar-refractivity contribution in [3.63, 3.8) is 0 Å². The van der Waals surface area contributed by atoms with Crippen LogP contribution in [0.5, 0.6) is 0 Å². The van der Waals surface area contributed by atoms with Gasteiger partial charge < -0.3 is 9.47 Å². The van der Waals surface area contributed by atoms with Crippen molar-refractivity contribution in [3.05, 3.63) is 11.6 Å². The lowest BCUT2D eigenvalue weighted by Gasteiger charge is -2.30. The predicted octanol–water partition coefficient (Wildman–Crippen LogP) is 8.22. The van der Waals surface area contributed by atoms with E-state index in [9.17, 15) is 26.3 Å². The van der Waals surface area contributed by atoms with Gasteiger partial charge in [0.05, 0.1) is 0 Å². The van der Waals surface area contributed by atoms with Crippen LogP contribution in [0.3, 0.4) is 0 Å². The molecule has 0 saturated carbocycles. The topological polar surface area (TPSA) is 18.5 Å². The summed E-state index contributed by atoms with van der Waals surface area (Å²) in [6, 6.07) is 0. The van der Waals surface area contributed by atoms with Crippen LogP contribution in [0, 0.1) is 11.8 Å². The van der Waals surface area contributed by atoms with Crippen molar-refractivity contribution < 1.29 is 35.8 Å². The van der Waals surface area contributed by atoms with Gasteiger partial charge in [-0.3, -0.25) is 0 Å². The second-order valence-electron chi connectivity index (χ2n) is 8.85. The minimum atomic E-state index is -4.64. The number of allylic oxidation sites excluding steroid dienone is 2. The van der Waals surface area contributed by atoms with Crippen LogP contribution in [0.25, 0.3) is 0 Å². The molecule has 0 aliphatic heterocycles. The lowest BCUT2D eigenvalue weighted by atomic mass is 9.94. The van der Waals surface area contributed by atoms with Gasteiger partial charge in [0.25, 0.3) is 0 Å². The van der Waals surface area contributed by atoms with Crippen LogP contribution < -0.4 is 0 Å². The summed E-state index contributed by atoms with van der Waals surface area (Å²) in [5.41, 5.74) is 1.07. The van der Waals surface area contributed by atoms with Crippen LogP contribution in [0.15, 0.2) is 11.6 Å². The van der Waals surface area contributed by atoms with E-state index in [0.717, 1.165) is 31.8 Å². The zero-order chi connectivity index (χ0) is 23.4. The Hall–Kier alpha value is -0.760. The molecule has 180 valence electrons. The SMILES string of the molecule is C/C(=C\CCC(C)(OCC(F)(F)F)OCC(F)(F)F)CCCC(C)CCCC(C)C. The molecule has 8 heteroatoms. The summed E-state index contributed by atoms with van der Waals surface area (Å²) in [6.45, 7) is 6.40. The highest BCUT2D eigenvalue weighted by atomic mass is 19.4. The molecule has 2 nitrogen and oxygen atoms in total. The van der Waals surface area contributed by atoms with Gasteiger partial charge in [-0.2, -0.15) is 26.3 Å². The Morgan fingerprint density at radius 3 is 1.80 bits per heavy atom. The van der Waals surface area contributed by atoms with Crippen LogP contribution in [0.4, 0.5) is 26.3 Å². The molecular weight excluding hydrogens is 410 g/mol. The quantitative estimate of drug-likeness (QED) is 0.143. The van der Waals surface area contributed by atoms with Gasteiger partial charge in [0, 0.05) is 6.42 Å². The van der Waals surface area contributed by atoms with Crippen LogP contribution in [0.1, 0.15) is 86.0 Å². The highest BCUT2D eigenvalue weighted by molar-refractivity contribution is 4.98. The predicted molar refractivity (Wildman–Crippen MR) is 107 cm³/mol. The fraction of sp³-hybridized carbons (Fsp3) is 0.909. The van der Waals surface area contributed by atoms with Gasteiger partial charge in [-0.15, -0.1) is 0 Å². The first-order valence-corrected chi connectivity index (χ1v) is 10.7. The third kappa shape index (κ3) is 18.0. The second-order valence-corrected chi connectivity index (χ2v) is 8.85. The van der Waals surface area contributed by atoms with E-state index in [1.165, 1.54) is 19.3 Å². The normalized spacial score (nSPS) is 15.1. The Bertz CT molecular complexity index is 465. The molecule has 0 aromatic heterocycles. The maximum atomic E-state index is 12.4. The molecule has 0 saturated heterocycles. The van der Waals surface area contributed by atoms with Gasteiger partial charge in [0.15, 0.2) is 5.79 Å². The van der Waals surface area contributed by atoms with Crippen molar-refractivity contribution in [2.45, 2.75) is 104 Å². The summed E-state index contributed by atoms with van der Waals surface area (Å²) in [4.78, 5) is 0. The smallest absolute Gasteiger partial charge is 0.341 e. The van der Waals surface area contributed by atoms with Gasteiger partial charge in [0.2, 0.25) is 0 Å². The molecule has 0 aliphatic rings. The average Bonchev–Trinajstić information content (AvgIpc) is 2.57. The molecule has 0 bridgehead atoms. The third-order valence-electron chi connectivity index (χ3n) is 4.92. The van der Waals surface area contributed by atoms with Crippen LogP contribution >= 0.6 is 0 Å². The first kappa shape index (κ1) is 29.2. The van der Waals surface area contributed by atoms with Crippen molar-refractivity contribution in [1.29, 1.82) is 0 Å². The molecule has 0 amide bonds. The van der Waals surface area contributed by atoms with E-state index in [1.54, 1.807) is 0 Å². The van der Waals surface area contributed by atoms with Crippen molar-refractivity contribution in [2.75, 3.05) is 13.2 Å². The molecule has 0 radical (unpaired) electrons. The minimum Gasteiger partial charge on any atom is -0.341 e. The van der Waals surface area contributed by atoms with E-state index in [0.29, 0.717) is 11.8 Å². The molecule has 0 rings (SSSR count). The number of hydrogen-bond donors (Lipinski definition) is 0. The Kier molecular flexibility index (Phi) is 13.3. The van der Waals surface area contributed by atoms with Crippen LogP contribution in [-0.4, -0.2) is 31.4 Å². The second kappa shape index (κ2) is 13.6. The zero-order valence-electron chi connectivity index (χ0n) is 18.9. The van der Waals surface area contributed by atoms with Gasteiger partial charge in [-0.1, -0.05) is 58.1 Å². The Labute approximate surface area is 177 Å². The highest BCUT2D eigenvalue weighted by Crippen LogP contribution is 2.28. The van der Waals surface area contributed by atoms with Gasteiger partial charge in [-0.05, 0) is 44.9 Å². The molecule has 0 aromatic rings.